The molecule has 2 aromatic rings. The fraction of sp³-hybridized carbons (Fsp3) is 0.400. The van der Waals surface area contributed by atoms with Gasteiger partial charge in [-0.05, 0) is 43.0 Å². The maximum atomic E-state index is 14.0. The first-order valence-corrected chi connectivity index (χ1v) is 12.4. The summed E-state index contributed by atoms with van der Waals surface area (Å²) in [4.78, 5) is 44.9. The van der Waals surface area contributed by atoms with Gasteiger partial charge in [0.1, 0.15) is 5.82 Å². The largest absolute Gasteiger partial charge is 0.463 e. The van der Waals surface area contributed by atoms with E-state index in [1.165, 1.54) is 28.4 Å². The Hall–Kier alpha value is -3.24. The van der Waals surface area contributed by atoms with Gasteiger partial charge in [-0.2, -0.15) is 0 Å². The van der Waals surface area contributed by atoms with Crippen molar-refractivity contribution in [2.45, 2.75) is 25.9 Å². The smallest absolute Gasteiger partial charge is 0.338 e. The van der Waals surface area contributed by atoms with Crippen molar-refractivity contribution in [1.29, 1.82) is 0 Å². The molecular formula is C25H29FN4O4S. The van der Waals surface area contributed by atoms with E-state index in [9.17, 15) is 18.8 Å². The highest BCUT2D eigenvalue weighted by Crippen LogP contribution is 2.32. The Labute approximate surface area is 207 Å². The summed E-state index contributed by atoms with van der Waals surface area (Å²) in [6, 6.07) is 8.26. The Morgan fingerprint density at radius 2 is 2.03 bits per heavy atom. The monoisotopic (exact) mass is 500 g/mol. The molecule has 8 nitrogen and oxygen atoms in total. The van der Waals surface area contributed by atoms with Gasteiger partial charge in [0, 0.05) is 45.0 Å². The number of halogens is 1. The van der Waals surface area contributed by atoms with Gasteiger partial charge in [-0.3, -0.25) is 14.6 Å². The number of piperazine rings is 1. The molecule has 4 rings (SSSR count). The number of amides is 3. The number of urea groups is 1. The van der Waals surface area contributed by atoms with Crippen LogP contribution in [0.1, 0.15) is 35.1 Å². The van der Waals surface area contributed by atoms with Gasteiger partial charge in [0.05, 0.1) is 23.1 Å². The normalized spacial score (nSPS) is 21.2. The number of ether oxygens (including phenoxy) is 1. The molecule has 2 aliphatic heterocycles. The lowest BCUT2D eigenvalue weighted by molar-refractivity contribution is -0.139. The molecule has 1 saturated heterocycles. The summed E-state index contributed by atoms with van der Waals surface area (Å²) in [5.74, 6) is -0.997. The van der Waals surface area contributed by atoms with Crippen LogP contribution in [0.25, 0.3) is 0 Å². The molecule has 1 N–H and O–H groups in total. The number of carbonyl (C=O) groups is 3. The van der Waals surface area contributed by atoms with E-state index in [0.717, 1.165) is 0 Å². The van der Waals surface area contributed by atoms with Gasteiger partial charge in [0.25, 0.3) is 5.91 Å². The molecule has 3 amide bonds. The number of thiophene rings is 1. The number of hydrogen-bond acceptors (Lipinski definition) is 6. The number of nitrogens with zero attached hydrogens (tertiary/aromatic N) is 3. The summed E-state index contributed by atoms with van der Waals surface area (Å²) in [5, 5.41) is 4.69. The first kappa shape index (κ1) is 24.9. The third-order valence-corrected chi connectivity index (χ3v) is 7.19. The maximum absolute atomic E-state index is 14.0. The zero-order valence-electron chi connectivity index (χ0n) is 20.0. The molecule has 35 heavy (non-hydrogen) atoms. The number of rotatable bonds is 6. The predicted molar refractivity (Wildman–Crippen MR) is 130 cm³/mol. The lowest BCUT2D eigenvalue weighted by Crippen LogP contribution is -2.56. The van der Waals surface area contributed by atoms with Crippen molar-refractivity contribution in [3.63, 3.8) is 0 Å². The number of likely N-dealkylation sites (N-methyl/N-ethyl adjacent to an activating group) is 1. The van der Waals surface area contributed by atoms with E-state index in [4.69, 9.17) is 4.74 Å². The van der Waals surface area contributed by atoms with Crippen molar-refractivity contribution >= 4 is 29.2 Å². The SMILES string of the molecule is CCOC(=O)C1=C(CN2CCN(C(=O)c3cccs3)[C@H](C)C2)N(C)C(=O)N[C@@H]1c1cccc(F)c1. The molecule has 2 atom stereocenters. The molecule has 0 radical (unpaired) electrons. The Balaban J connectivity index is 1.62. The molecule has 0 aliphatic carbocycles. The minimum absolute atomic E-state index is 0.0129. The van der Waals surface area contributed by atoms with E-state index < -0.39 is 17.8 Å². The van der Waals surface area contributed by atoms with Crippen LogP contribution in [-0.2, 0) is 9.53 Å². The lowest BCUT2D eigenvalue weighted by Gasteiger charge is -2.42. The van der Waals surface area contributed by atoms with Crippen molar-refractivity contribution in [2.24, 2.45) is 0 Å². The van der Waals surface area contributed by atoms with Gasteiger partial charge < -0.3 is 15.0 Å². The van der Waals surface area contributed by atoms with E-state index in [1.807, 2.05) is 29.3 Å². The second-order valence-electron chi connectivity index (χ2n) is 8.64. The number of benzene rings is 1. The molecule has 0 bridgehead atoms. The number of carbonyl (C=O) groups excluding carboxylic acids is 3. The highest BCUT2D eigenvalue weighted by atomic mass is 32.1. The second-order valence-corrected chi connectivity index (χ2v) is 9.59. The predicted octanol–water partition coefficient (Wildman–Crippen LogP) is 3.25. The van der Waals surface area contributed by atoms with Gasteiger partial charge in [-0.25, -0.2) is 14.0 Å². The fourth-order valence-electron chi connectivity index (χ4n) is 4.57. The highest BCUT2D eigenvalue weighted by molar-refractivity contribution is 7.12. The van der Waals surface area contributed by atoms with E-state index in [1.54, 1.807) is 26.1 Å². The molecule has 0 unspecified atom stereocenters. The van der Waals surface area contributed by atoms with Gasteiger partial charge in [-0.1, -0.05) is 18.2 Å². The summed E-state index contributed by atoms with van der Waals surface area (Å²) >= 11 is 1.42. The van der Waals surface area contributed by atoms with Crippen LogP contribution in [-0.4, -0.2) is 78.5 Å². The van der Waals surface area contributed by atoms with Gasteiger partial charge in [0.15, 0.2) is 0 Å². The summed E-state index contributed by atoms with van der Waals surface area (Å²) in [7, 11) is 1.60. The van der Waals surface area contributed by atoms with Crippen LogP contribution in [0.4, 0.5) is 9.18 Å². The van der Waals surface area contributed by atoms with Gasteiger partial charge >= 0.3 is 12.0 Å². The number of esters is 1. The number of hydrogen-bond donors (Lipinski definition) is 1. The van der Waals surface area contributed by atoms with E-state index >= 15 is 0 Å². The molecular weight excluding hydrogens is 471 g/mol. The van der Waals surface area contributed by atoms with Gasteiger partial charge in [0.2, 0.25) is 0 Å². The zero-order chi connectivity index (χ0) is 25.1. The Morgan fingerprint density at radius 3 is 2.69 bits per heavy atom. The van der Waals surface area contributed by atoms with Crippen LogP contribution < -0.4 is 5.32 Å². The van der Waals surface area contributed by atoms with Crippen molar-refractivity contribution in [3.8, 4) is 0 Å². The maximum Gasteiger partial charge on any atom is 0.338 e. The van der Waals surface area contributed by atoms with Crippen LogP contribution in [0.2, 0.25) is 0 Å². The summed E-state index contributed by atoms with van der Waals surface area (Å²) < 4.78 is 19.3. The van der Waals surface area contributed by atoms with Crippen molar-refractivity contribution < 1.29 is 23.5 Å². The lowest BCUT2D eigenvalue weighted by atomic mass is 9.94. The van der Waals surface area contributed by atoms with Crippen molar-refractivity contribution in [3.05, 3.63) is 69.3 Å². The summed E-state index contributed by atoms with van der Waals surface area (Å²) in [5.41, 5.74) is 1.25. The molecule has 3 heterocycles. The quantitative estimate of drug-likeness (QED) is 0.616. The third-order valence-electron chi connectivity index (χ3n) is 6.33. The molecule has 10 heteroatoms. The van der Waals surface area contributed by atoms with E-state index in [2.05, 4.69) is 10.2 Å². The van der Waals surface area contributed by atoms with Crippen LogP contribution >= 0.6 is 11.3 Å². The Morgan fingerprint density at radius 1 is 1.23 bits per heavy atom. The average molecular weight is 501 g/mol. The molecule has 0 saturated carbocycles. The molecule has 0 spiro atoms. The Kier molecular flexibility index (Phi) is 7.51. The zero-order valence-corrected chi connectivity index (χ0v) is 20.8. The van der Waals surface area contributed by atoms with Crippen molar-refractivity contribution in [2.75, 3.05) is 39.8 Å². The molecule has 1 aromatic heterocycles. The molecule has 1 aromatic carbocycles. The minimum atomic E-state index is -0.831. The topological polar surface area (TPSA) is 82.2 Å². The Bertz CT molecular complexity index is 1140. The summed E-state index contributed by atoms with van der Waals surface area (Å²) in [6.07, 6.45) is 0. The van der Waals surface area contributed by atoms with Crippen LogP contribution in [0.5, 0.6) is 0 Å². The van der Waals surface area contributed by atoms with E-state index in [0.29, 0.717) is 42.3 Å². The standard InChI is InChI=1S/C25H29FN4O4S/c1-4-34-24(32)21-19(28(3)25(33)27-22(21)17-7-5-8-18(26)13-17)15-29-10-11-30(16(2)14-29)23(31)20-9-6-12-35-20/h5-9,12-13,16,22H,4,10-11,14-15H2,1-3H3,(H,27,33)/t16-,22-/m1/s1. The highest BCUT2D eigenvalue weighted by Gasteiger charge is 2.38. The fourth-order valence-corrected chi connectivity index (χ4v) is 5.25. The molecule has 1 fully saturated rings. The van der Waals surface area contributed by atoms with Crippen LogP contribution in [0, 0.1) is 5.82 Å². The van der Waals surface area contributed by atoms with Crippen molar-refractivity contribution in [1.82, 2.24) is 20.0 Å². The average Bonchev–Trinajstić information content (AvgIpc) is 3.37. The third kappa shape index (κ3) is 5.23. The first-order chi connectivity index (χ1) is 16.8. The van der Waals surface area contributed by atoms with Crippen LogP contribution in [0.3, 0.4) is 0 Å². The van der Waals surface area contributed by atoms with Gasteiger partial charge in [-0.15, -0.1) is 11.3 Å². The molecule has 186 valence electrons. The first-order valence-electron chi connectivity index (χ1n) is 11.6. The van der Waals surface area contributed by atoms with Crippen LogP contribution in [0.15, 0.2) is 53.0 Å². The van der Waals surface area contributed by atoms with E-state index in [-0.39, 0.29) is 30.2 Å². The molecule has 2 aliphatic rings. The number of nitrogens with one attached hydrogen (secondary N) is 1. The second kappa shape index (κ2) is 10.6. The minimum Gasteiger partial charge on any atom is -0.463 e. The summed E-state index contributed by atoms with van der Waals surface area (Å²) in [6.45, 7) is 5.89.